The van der Waals surface area contributed by atoms with E-state index in [1.165, 1.54) is 18.3 Å². The van der Waals surface area contributed by atoms with E-state index >= 15 is 0 Å². The zero-order valence-corrected chi connectivity index (χ0v) is 11.0. The van der Waals surface area contributed by atoms with Gasteiger partial charge in [-0.25, -0.2) is 5.43 Å². The Morgan fingerprint density at radius 3 is 2.48 bits per heavy atom. The van der Waals surface area contributed by atoms with E-state index in [0.29, 0.717) is 0 Å². The molecule has 0 radical (unpaired) electrons. The van der Waals surface area contributed by atoms with Crippen LogP contribution in [0, 0.1) is 0 Å². The molecule has 2 aromatic rings. The summed E-state index contributed by atoms with van der Waals surface area (Å²) in [5, 5.41) is 31.8. The molecule has 1 amide bonds. The molecule has 0 aromatic heterocycles. The standard InChI is InChI=1S/C15H14N2O4/c18-12-7-6-11(14(20)15(12)21)9-16-17-13(19)8-10-4-2-1-3-5-10/h1-7,9,18,20-21H,8H2,(H,17,19)/b16-9+. The van der Waals surface area contributed by atoms with Gasteiger partial charge in [-0.05, 0) is 17.7 Å². The number of phenols is 3. The van der Waals surface area contributed by atoms with Gasteiger partial charge in [0.15, 0.2) is 11.5 Å². The Kier molecular flexibility index (Phi) is 4.40. The summed E-state index contributed by atoms with van der Waals surface area (Å²) < 4.78 is 0. The molecule has 0 saturated carbocycles. The summed E-state index contributed by atoms with van der Waals surface area (Å²) in [6.07, 6.45) is 1.36. The zero-order valence-electron chi connectivity index (χ0n) is 11.0. The summed E-state index contributed by atoms with van der Waals surface area (Å²) >= 11 is 0. The second kappa shape index (κ2) is 6.42. The van der Waals surface area contributed by atoms with Crippen molar-refractivity contribution in [1.82, 2.24) is 5.43 Å². The molecule has 4 N–H and O–H groups in total. The van der Waals surface area contributed by atoms with E-state index < -0.39 is 17.2 Å². The lowest BCUT2D eigenvalue weighted by Crippen LogP contribution is -2.19. The number of benzene rings is 2. The monoisotopic (exact) mass is 286 g/mol. The van der Waals surface area contributed by atoms with E-state index in [1.807, 2.05) is 30.3 Å². The van der Waals surface area contributed by atoms with Crippen LogP contribution in [-0.4, -0.2) is 27.4 Å². The van der Waals surface area contributed by atoms with Crippen molar-refractivity contribution >= 4 is 12.1 Å². The molecular formula is C15H14N2O4. The van der Waals surface area contributed by atoms with Crippen LogP contribution >= 0.6 is 0 Å². The number of carbonyl (C=O) groups is 1. The van der Waals surface area contributed by atoms with Gasteiger partial charge in [0.1, 0.15) is 0 Å². The smallest absolute Gasteiger partial charge is 0.244 e. The molecule has 0 aliphatic rings. The Morgan fingerprint density at radius 1 is 1.05 bits per heavy atom. The SMILES string of the molecule is O=C(Cc1ccccc1)N/N=C/c1ccc(O)c(O)c1O. The molecule has 6 heteroatoms. The van der Waals surface area contributed by atoms with E-state index in [0.717, 1.165) is 5.56 Å². The lowest BCUT2D eigenvalue weighted by molar-refractivity contribution is -0.120. The largest absolute Gasteiger partial charge is 0.504 e. The van der Waals surface area contributed by atoms with E-state index in [1.54, 1.807) is 0 Å². The predicted molar refractivity (Wildman–Crippen MR) is 77.3 cm³/mol. The van der Waals surface area contributed by atoms with Gasteiger partial charge in [-0.1, -0.05) is 30.3 Å². The second-order valence-electron chi connectivity index (χ2n) is 4.33. The van der Waals surface area contributed by atoms with Crippen LogP contribution in [0.4, 0.5) is 0 Å². The van der Waals surface area contributed by atoms with E-state index in [4.69, 9.17) is 0 Å². The van der Waals surface area contributed by atoms with Crippen LogP contribution in [0.15, 0.2) is 47.6 Å². The van der Waals surface area contributed by atoms with Gasteiger partial charge < -0.3 is 15.3 Å². The summed E-state index contributed by atoms with van der Waals surface area (Å²) in [7, 11) is 0. The molecule has 0 unspecified atom stereocenters. The number of hydrazone groups is 1. The van der Waals surface area contributed by atoms with Crippen LogP contribution in [0.5, 0.6) is 17.2 Å². The molecule has 0 fully saturated rings. The van der Waals surface area contributed by atoms with Crippen molar-refractivity contribution in [2.45, 2.75) is 6.42 Å². The molecule has 108 valence electrons. The van der Waals surface area contributed by atoms with Crippen LogP contribution in [-0.2, 0) is 11.2 Å². The normalized spacial score (nSPS) is 10.7. The van der Waals surface area contributed by atoms with Crippen molar-refractivity contribution in [2.24, 2.45) is 5.10 Å². The summed E-state index contributed by atoms with van der Waals surface area (Å²) in [5.41, 5.74) is 3.34. The molecule has 0 aliphatic carbocycles. The van der Waals surface area contributed by atoms with Crippen LogP contribution in [0.25, 0.3) is 0 Å². The van der Waals surface area contributed by atoms with Gasteiger partial charge in [-0.15, -0.1) is 0 Å². The average Bonchev–Trinajstić information content (AvgIpc) is 2.48. The number of hydrogen-bond donors (Lipinski definition) is 4. The minimum atomic E-state index is -0.630. The van der Waals surface area contributed by atoms with Crippen LogP contribution < -0.4 is 5.43 Å². The molecule has 0 bridgehead atoms. The maximum atomic E-state index is 11.6. The first-order valence-corrected chi connectivity index (χ1v) is 6.17. The van der Waals surface area contributed by atoms with Crippen molar-refractivity contribution in [3.63, 3.8) is 0 Å². The highest BCUT2D eigenvalue weighted by atomic mass is 16.3. The highest BCUT2D eigenvalue weighted by molar-refractivity contribution is 5.87. The fourth-order valence-electron chi connectivity index (χ4n) is 1.68. The molecule has 0 spiro atoms. The van der Waals surface area contributed by atoms with Gasteiger partial charge in [0.05, 0.1) is 12.6 Å². The fraction of sp³-hybridized carbons (Fsp3) is 0.0667. The van der Waals surface area contributed by atoms with Gasteiger partial charge >= 0.3 is 0 Å². The number of aromatic hydroxyl groups is 3. The minimum Gasteiger partial charge on any atom is -0.504 e. The zero-order chi connectivity index (χ0) is 15.2. The van der Waals surface area contributed by atoms with Gasteiger partial charge in [0.2, 0.25) is 11.7 Å². The quantitative estimate of drug-likeness (QED) is 0.388. The second-order valence-corrected chi connectivity index (χ2v) is 4.33. The number of rotatable bonds is 4. The molecule has 0 atom stereocenters. The highest BCUT2D eigenvalue weighted by Gasteiger charge is 2.09. The van der Waals surface area contributed by atoms with Gasteiger partial charge in [-0.3, -0.25) is 4.79 Å². The van der Waals surface area contributed by atoms with Gasteiger partial charge in [0.25, 0.3) is 0 Å². The first-order chi connectivity index (χ1) is 10.1. The molecule has 0 saturated heterocycles. The third kappa shape index (κ3) is 3.73. The number of hydrogen-bond acceptors (Lipinski definition) is 5. The summed E-state index contributed by atoms with van der Waals surface area (Å²) in [4.78, 5) is 11.6. The molecule has 0 heterocycles. The Balaban J connectivity index is 1.97. The summed E-state index contributed by atoms with van der Waals surface area (Å²) in [6, 6.07) is 11.8. The Bertz CT molecular complexity index is 669. The van der Waals surface area contributed by atoms with Crippen LogP contribution in [0.3, 0.4) is 0 Å². The predicted octanol–water partition coefficient (Wildman–Crippen LogP) is 1.50. The maximum absolute atomic E-state index is 11.6. The Hall–Kier alpha value is -3.02. The van der Waals surface area contributed by atoms with Crippen molar-refractivity contribution in [3.05, 3.63) is 53.6 Å². The molecule has 6 nitrogen and oxygen atoms in total. The fourth-order valence-corrected chi connectivity index (χ4v) is 1.68. The van der Waals surface area contributed by atoms with Crippen molar-refractivity contribution in [1.29, 1.82) is 0 Å². The van der Waals surface area contributed by atoms with Crippen LogP contribution in [0.2, 0.25) is 0 Å². The molecule has 2 rings (SSSR count). The Morgan fingerprint density at radius 2 is 1.76 bits per heavy atom. The average molecular weight is 286 g/mol. The Labute approximate surface area is 121 Å². The van der Waals surface area contributed by atoms with E-state index in [9.17, 15) is 20.1 Å². The summed E-state index contributed by atoms with van der Waals surface area (Å²) in [6.45, 7) is 0. The number of carbonyl (C=O) groups excluding carboxylic acids is 1. The first kappa shape index (κ1) is 14.4. The van der Waals surface area contributed by atoms with Crippen LogP contribution in [0.1, 0.15) is 11.1 Å². The third-order valence-electron chi connectivity index (χ3n) is 2.76. The lowest BCUT2D eigenvalue weighted by Gasteiger charge is -2.03. The molecule has 21 heavy (non-hydrogen) atoms. The summed E-state index contributed by atoms with van der Waals surface area (Å²) in [5.74, 6) is -1.87. The third-order valence-corrected chi connectivity index (χ3v) is 2.76. The number of amides is 1. The van der Waals surface area contributed by atoms with Crippen molar-refractivity contribution < 1.29 is 20.1 Å². The maximum Gasteiger partial charge on any atom is 0.244 e. The topological polar surface area (TPSA) is 102 Å². The number of phenolic OH excluding ortho intramolecular Hbond substituents is 3. The minimum absolute atomic E-state index is 0.172. The highest BCUT2D eigenvalue weighted by Crippen LogP contribution is 2.36. The lowest BCUT2D eigenvalue weighted by atomic mass is 10.1. The number of nitrogens with zero attached hydrogens (tertiary/aromatic N) is 1. The van der Waals surface area contributed by atoms with E-state index in [-0.39, 0.29) is 17.9 Å². The molecule has 2 aromatic carbocycles. The van der Waals surface area contributed by atoms with Crippen molar-refractivity contribution in [2.75, 3.05) is 0 Å². The van der Waals surface area contributed by atoms with Gasteiger partial charge in [-0.2, -0.15) is 5.10 Å². The first-order valence-electron chi connectivity index (χ1n) is 6.17. The van der Waals surface area contributed by atoms with Crippen molar-refractivity contribution in [3.8, 4) is 17.2 Å². The van der Waals surface area contributed by atoms with Gasteiger partial charge in [0, 0.05) is 5.56 Å². The molecule has 0 aliphatic heterocycles. The number of nitrogens with one attached hydrogen (secondary N) is 1. The van der Waals surface area contributed by atoms with E-state index in [2.05, 4.69) is 10.5 Å². The molecular weight excluding hydrogens is 272 g/mol.